The van der Waals surface area contributed by atoms with Crippen LogP contribution in [0.15, 0.2) is 18.3 Å². The summed E-state index contributed by atoms with van der Waals surface area (Å²) in [5.41, 5.74) is -0.195. The summed E-state index contributed by atoms with van der Waals surface area (Å²) >= 11 is 0. The Kier molecular flexibility index (Phi) is 3.45. The molecule has 1 aromatic rings. The smallest absolute Gasteiger partial charge is 0.383 e. The van der Waals surface area contributed by atoms with Crippen molar-refractivity contribution in [2.75, 3.05) is 11.9 Å². The number of aromatic nitrogens is 1. The highest BCUT2D eigenvalue weighted by Gasteiger charge is 2.31. The molecule has 0 aliphatic rings. The van der Waals surface area contributed by atoms with Crippen molar-refractivity contribution in [1.82, 2.24) is 4.98 Å². The average molecular weight is 232 g/mol. The zero-order chi connectivity index (χ0) is 12.4. The SMILES string of the molecule is CC(C)(C)CNc1ccc(C(F)(F)F)nc1. The van der Waals surface area contributed by atoms with Gasteiger partial charge in [0.15, 0.2) is 0 Å². The highest BCUT2D eigenvalue weighted by molar-refractivity contribution is 5.41. The normalized spacial score (nSPS) is 12.6. The van der Waals surface area contributed by atoms with Crippen molar-refractivity contribution in [3.8, 4) is 0 Å². The van der Waals surface area contributed by atoms with Gasteiger partial charge in [-0.2, -0.15) is 13.2 Å². The zero-order valence-electron chi connectivity index (χ0n) is 9.52. The fourth-order valence-electron chi connectivity index (χ4n) is 1.03. The van der Waals surface area contributed by atoms with Gasteiger partial charge in [-0.15, -0.1) is 0 Å². The van der Waals surface area contributed by atoms with E-state index in [0.717, 1.165) is 6.07 Å². The maximum Gasteiger partial charge on any atom is 0.433 e. The predicted octanol–water partition coefficient (Wildman–Crippen LogP) is 3.56. The maximum atomic E-state index is 12.2. The number of anilines is 1. The van der Waals surface area contributed by atoms with E-state index >= 15 is 0 Å². The second kappa shape index (κ2) is 4.31. The molecule has 90 valence electrons. The molecule has 0 spiro atoms. The molecule has 2 nitrogen and oxygen atoms in total. The third-order valence-corrected chi connectivity index (χ3v) is 1.88. The Hall–Kier alpha value is -1.26. The first kappa shape index (κ1) is 12.8. The molecule has 1 rings (SSSR count). The standard InChI is InChI=1S/C11H15F3N2/c1-10(2,3)7-16-8-4-5-9(15-6-8)11(12,13)14/h4-6,16H,7H2,1-3H3. The highest BCUT2D eigenvalue weighted by atomic mass is 19.4. The van der Waals surface area contributed by atoms with Crippen molar-refractivity contribution in [3.63, 3.8) is 0 Å². The molecule has 0 aromatic carbocycles. The third-order valence-electron chi connectivity index (χ3n) is 1.88. The molecule has 0 saturated carbocycles. The minimum Gasteiger partial charge on any atom is -0.383 e. The van der Waals surface area contributed by atoms with Gasteiger partial charge < -0.3 is 5.32 Å². The second-order valence-corrected chi connectivity index (χ2v) is 4.84. The van der Waals surface area contributed by atoms with Crippen molar-refractivity contribution in [2.24, 2.45) is 5.41 Å². The summed E-state index contributed by atoms with van der Waals surface area (Å²) in [5.74, 6) is 0. The van der Waals surface area contributed by atoms with Crippen LogP contribution in [0, 0.1) is 5.41 Å². The lowest BCUT2D eigenvalue weighted by molar-refractivity contribution is -0.141. The molecule has 0 saturated heterocycles. The van der Waals surface area contributed by atoms with Gasteiger partial charge in [-0.05, 0) is 17.5 Å². The van der Waals surface area contributed by atoms with Crippen LogP contribution in [-0.4, -0.2) is 11.5 Å². The molecular weight excluding hydrogens is 217 g/mol. The van der Waals surface area contributed by atoms with Gasteiger partial charge >= 0.3 is 6.18 Å². The summed E-state index contributed by atoms with van der Waals surface area (Å²) < 4.78 is 36.6. The Labute approximate surface area is 92.9 Å². The van der Waals surface area contributed by atoms with Gasteiger partial charge in [0.1, 0.15) is 5.69 Å². The molecule has 0 radical (unpaired) electrons. The first-order valence-corrected chi connectivity index (χ1v) is 4.96. The van der Waals surface area contributed by atoms with Crippen LogP contribution in [0.5, 0.6) is 0 Å². The Bertz CT molecular complexity index is 336. The predicted molar refractivity (Wildman–Crippen MR) is 57.2 cm³/mol. The molecule has 0 aliphatic heterocycles. The number of halogens is 3. The number of pyridine rings is 1. The molecular formula is C11H15F3N2. The van der Waals surface area contributed by atoms with Crippen molar-refractivity contribution in [2.45, 2.75) is 26.9 Å². The van der Waals surface area contributed by atoms with Crippen LogP contribution in [0.25, 0.3) is 0 Å². The van der Waals surface area contributed by atoms with Crippen LogP contribution >= 0.6 is 0 Å². The molecule has 16 heavy (non-hydrogen) atoms. The fraction of sp³-hybridized carbons (Fsp3) is 0.545. The molecule has 1 aromatic heterocycles. The van der Waals surface area contributed by atoms with E-state index < -0.39 is 11.9 Å². The van der Waals surface area contributed by atoms with Crippen molar-refractivity contribution in [3.05, 3.63) is 24.0 Å². The van der Waals surface area contributed by atoms with E-state index in [-0.39, 0.29) is 5.41 Å². The van der Waals surface area contributed by atoms with E-state index in [1.165, 1.54) is 12.3 Å². The summed E-state index contributed by atoms with van der Waals surface area (Å²) in [7, 11) is 0. The van der Waals surface area contributed by atoms with Crippen molar-refractivity contribution >= 4 is 5.69 Å². The molecule has 0 fully saturated rings. The number of nitrogens with one attached hydrogen (secondary N) is 1. The maximum absolute atomic E-state index is 12.2. The largest absolute Gasteiger partial charge is 0.433 e. The van der Waals surface area contributed by atoms with Crippen molar-refractivity contribution < 1.29 is 13.2 Å². The van der Waals surface area contributed by atoms with Crippen LogP contribution in [0.2, 0.25) is 0 Å². The van der Waals surface area contributed by atoms with E-state index in [1.54, 1.807) is 0 Å². The van der Waals surface area contributed by atoms with E-state index in [9.17, 15) is 13.2 Å². The summed E-state index contributed by atoms with van der Waals surface area (Å²) in [4.78, 5) is 3.36. The number of rotatable bonds is 2. The Balaban J connectivity index is 2.66. The van der Waals surface area contributed by atoms with Crippen LogP contribution in [0.1, 0.15) is 26.5 Å². The van der Waals surface area contributed by atoms with E-state index in [0.29, 0.717) is 12.2 Å². The second-order valence-electron chi connectivity index (χ2n) is 4.84. The van der Waals surface area contributed by atoms with Gasteiger partial charge in [-0.3, -0.25) is 0 Å². The summed E-state index contributed by atoms with van der Waals surface area (Å²) in [6, 6.07) is 2.37. The Morgan fingerprint density at radius 3 is 2.19 bits per heavy atom. The Morgan fingerprint density at radius 1 is 1.19 bits per heavy atom. The van der Waals surface area contributed by atoms with E-state index in [2.05, 4.69) is 10.3 Å². The lowest BCUT2D eigenvalue weighted by Crippen LogP contribution is -2.19. The van der Waals surface area contributed by atoms with E-state index in [1.807, 2.05) is 20.8 Å². The topological polar surface area (TPSA) is 24.9 Å². The minimum absolute atomic E-state index is 0.0721. The van der Waals surface area contributed by atoms with Gasteiger partial charge in [0.25, 0.3) is 0 Å². The van der Waals surface area contributed by atoms with Gasteiger partial charge in [0, 0.05) is 6.54 Å². The molecule has 0 atom stereocenters. The van der Waals surface area contributed by atoms with Gasteiger partial charge in [-0.25, -0.2) is 4.98 Å². The molecule has 5 heteroatoms. The van der Waals surface area contributed by atoms with Crippen LogP contribution < -0.4 is 5.32 Å². The minimum atomic E-state index is -4.37. The van der Waals surface area contributed by atoms with Crippen LogP contribution in [-0.2, 0) is 6.18 Å². The average Bonchev–Trinajstić information content (AvgIpc) is 2.13. The first-order valence-electron chi connectivity index (χ1n) is 4.96. The van der Waals surface area contributed by atoms with Crippen LogP contribution in [0.4, 0.5) is 18.9 Å². The highest BCUT2D eigenvalue weighted by Crippen LogP contribution is 2.27. The summed E-state index contributed by atoms with van der Waals surface area (Å²) in [6.45, 7) is 6.80. The number of hydrogen-bond acceptors (Lipinski definition) is 2. The van der Waals surface area contributed by atoms with Gasteiger partial charge in [-0.1, -0.05) is 20.8 Å². The zero-order valence-corrected chi connectivity index (χ0v) is 9.52. The molecule has 0 amide bonds. The molecule has 0 unspecified atom stereocenters. The molecule has 1 heterocycles. The monoisotopic (exact) mass is 232 g/mol. The lowest BCUT2D eigenvalue weighted by Gasteiger charge is -2.19. The third kappa shape index (κ3) is 4.08. The molecule has 0 bridgehead atoms. The number of alkyl halides is 3. The van der Waals surface area contributed by atoms with Crippen LogP contribution in [0.3, 0.4) is 0 Å². The van der Waals surface area contributed by atoms with E-state index in [4.69, 9.17) is 0 Å². The number of hydrogen-bond donors (Lipinski definition) is 1. The Morgan fingerprint density at radius 2 is 1.81 bits per heavy atom. The fourth-order valence-corrected chi connectivity index (χ4v) is 1.03. The van der Waals surface area contributed by atoms with Gasteiger partial charge in [0.05, 0.1) is 11.9 Å². The summed E-state index contributed by atoms with van der Waals surface area (Å²) in [6.07, 6.45) is -3.17. The lowest BCUT2D eigenvalue weighted by atomic mass is 9.97. The molecule has 0 aliphatic carbocycles. The van der Waals surface area contributed by atoms with Crippen molar-refractivity contribution in [1.29, 1.82) is 0 Å². The molecule has 1 N–H and O–H groups in total. The summed E-state index contributed by atoms with van der Waals surface area (Å²) in [5, 5.41) is 3.03. The first-order chi connectivity index (χ1) is 7.18. The number of nitrogens with zero attached hydrogens (tertiary/aromatic N) is 1. The quantitative estimate of drug-likeness (QED) is 0.843. The van der Waals surface area contributed by atoms with Gasteiger partial charge in [0.2, 0.25) is 0 Å².